The van der Waals surface area contributed by atoms with E-state index in [-0.39, 0.29) is 5.56 Å². The smallest absolute Gasteiger partial charge is 0.312 e. The van der Waals surface area contributed by atoms with Crippen LogP contribution in [0, 0.1) is 0 Å². The molecule has 0 bridgehead atoms. The Balaban J connectivity index is 1.79. The van der Waals surface area contributed by atoms with Gasteiger partial charge < -0.3 is 10.3 Å². The molecule has 1 aromatic carbocycles. The van der Waals surface area contributed by atoms with Crippen LogP contribution in [0.2, 0.25) is 0 Å². The number of fused-ring (bicyclic) bond motifs is 1. The highest BCUT2D eigenvalue weighted by Crippen LogP contribution is 2.52. The number of hydrogen-bond acceptors (Lipinski definition) is 3. The van der Waals surface area contributed by atoms with Gasteiger partial charge in [-0.1, -0.05) is 18.2 Å². The Bertz CT molecular complexity index is 869. The van der Waals surface area contributed by atoms with Crippen LogP contribution in [0.4, 0.5) is 13.2 Å². The lowest BCUT2D eigenvalue weighted by molar-refractivity contribution is -0.137. The highest BCUT2D eigenvalue weighted by Gasteiger charge is 2.49. The summed E-state index contributed by atoms with van der Waals surface area (Å²) in [4.78, 5) is 19.9. The summed E-state index contributed by atoms with van der Waals surface area (Å²) in [6.07, 6.45) is -1.41. The Hall–Kier alpha value is -2.15. The van der Waals surface area contributed by atoms with Gasteiger partial charge >= 0.3 is 6.18 Å². The van der Waals surface area contributed by atoms with Gasteiger partial charge in [0, 0.05) is 6.54 Å². The maximum atomic E-state index is 13.0. The molecule has 7 heteroatoms. The number of nitrogens with zero attached hydrogens (tertiary/aromatic N) is 1. The van der Waals surface area contributed by atoms with Gasteiger partial charge in [0.25, 0.3) is 5.56 Å². The fourth-order valence-corrected chi connectivity index (χ4v) is 3.53. The van der Waals surface area contributed by atoms with Crippen molar-refractivity contribution in [2.45, 2.75) is 43.8 Å². The highest BCUT2D eigenvalue weighted by atomic mass is 19.4. The van der Waals surface area contributed by atoms with Crippen LogP contribution in [-0.2, 0) is 24.6 Å². The molecule has 0 saturated heterocycles. The molecular formula is C18H18F3N3O. The van der Waals surface area contributed by atoms with Crippen molar-refractivity contribution < 1.29 is 13.2 Å². The number of aromatic amines is 1. The molecule has 0 unspecified atom stereocenters. The van der Waals surface area contributed by atoms with E-state index in [4.69, 9.17) is 0 Å². The quantitative estimate of drug-likeness (QED) is 0.877. The Kier molecular flexibility index (Phi) is 3.72. The average molecular weight is 349 g/mol. The topological polar surface area (TPSA) is 57.8 Å². The number of aryl methyl sites for hydroxylation is 1. The van der Waals surface area contributed by atoms with E-state index in [1.165, 1.54) is 12.1 Å². The maximum absolute atomic E-state index is 13.0. The molecule has 2 aliphatic rings. The zero-order valence-corrected chi connectivity index (χ0v) is 13.5. The maximum Gasteiger partial charge on any atom is 0.416 e. The first-order valence-electron chi connectivity index (χ1n) is 8.41. The number of H-pyrrole nitrogens is 1. The number of halogens is 3. The van der Waals surface area contributed by atoms with Crippen molar-refractivity contribution in [3.63, 3.8) is 0 Å². The third-order valence-corrected chi connectivity index (χ3v) is 5.12. The molecule has 1 aliphatic carbocycles. The summed E-state index contributed by atoms with van der Waals surface area (Å²) in [6, 6.07) is 5.36. The van der Waals surface area contributed by atoms with Gasteiger partial charge in [0.15, 0.2) is 0 Å². The van der Waals surface area contributed by atoms with Crippen LogP contribution in [0.15, 0.2) is 29.1 Å². The molecule has 4 rings (SSSR count). The van der Waals surface area contributed by atoms with E-state index in [2.05, 4.69) is 15.3 Å². The van der Waals surface area contributed by atoms with Gasteiger partial charge in [-0.3, -0.25) is 4.79 Å². The first-order valence-corrected chi connectivity index (χ1v) is 8.41. The second-order valence-electron chi connectivity index (χ2n) is 6.78. The van der Waals surface area contributed by atoms with Gasteiger partial charge in [0.05, 0.1) is 22.2 Å². The molecule has 0 atom stereocenters. The van der Waals surface area contributed by atoms with Gasteiger partial charge in [0.2, 0.25) is 0 Å². The van der Waals surface area contributed by atoms with Gasteiger partial charge in [-0.05, 0) is 43.9 Å². The van der Waals surface area contributed by atoms with E-state index < -0.39 is 17.2 Å². The summed E-state index contributed by atoms with van der Waals surface area (Å²) in [5.74, 6) is 0.498. The third-order valence-electron chi connectivity index (χ3n) is 5.12. The van der Waals surface area contributed by atoms with Crippen molar-refractivity contribution in [2.75, 3.05) is 6.54 Å². The molecule has 2 N–H and O–H groups in total. The molecule has 2 heterocycles. The first-order chi connectivity index (χ1) is 11.9. The number of nitrogens with one attached hydrogen (secondary N) is 2. The molecule has 1 saturated carbocycles. The Morgan fingerprint density at radius 3 is 2.72 bits per heavy atom. The second-order valence-corrected chi connectivity index (χ2v) is 6.78. The predicted octanol–water partition coefficient (Wildman–Crippen LogP) is 2.90. The molecule has 1 aliphatic heterocycles. The minimum Gasteiger partial charge on any atom is -0.312 e. The minimum absolute atomic E-state index is 0.187. The number of hydrogen-bond donors (Lipinski definition) is 2. The fraction of sp³-hybridized carbons (Fsp3) is 0.444. The normalized spacial score (nSPS) is 19.2. The number of rotatable bonds is 2. The third kappa shape index (κ3) is 2.86. The minimum atomic E-state index is -4.38. The summed E-state index contributed by atoms with van der Waals surface area (Å²) >= 11 is 0. The van der Waals surface area contributed by atoms with Crippen molar-refractivity contribution in [1.82, 2.24) is 15.3 Å². The largest absolute Gasteiger partial charge is 0.416 e. The summed E-state index contributed by atoms with van der Waals surface area (Å²) in [6.45, 7) is 1.30. The zero-order valence-electron chi connectivity index (χ0n) is 13.5. The van der Waals surface area contributed by atoms with Crippen LogP contribution in [0.1, 0.15) is 47.5 Å². The molecule has 25 heavy (non-hydrogen) atoms. The molecule has 1 aromatic heterocycles. The Labute approximate surface area is 142 Å². The van der Waals surface area contributed by atoms with E-state index in [9.17, 15) is 18.0 Å². The number of alkyl halides is 3. The summed E-state index contributed by atoms with van der Waals surface area (Å²) in [5, 5.41) is 3.19. The van der Waals surface area contributed by atoms with Crippen LogP contribution >= 0.6 is 0 Å². The van der Waals surface area contributed by atoms with Crippen molar-refractivity contribution in [2.24, 2.45) is 0 Å². The predicted molar refractivity (Wildman–Crippen MR) is 86.3 cm³/mol. The molecular weight excluding hydrogens is 331 g/mol. The molecule has 1 fully saturated rings. The molecule has 0 amide bonds. The SMILES string of the molecule is O=c1[nH]c(C2(c3cccc(C(F)(F)F)c3)CC2)nc2c1CNCCC2. The van der Waals surface area contributed by atoms with Crippen LogP contribution in [-0.4, -0.2) is 16.5 Å². The number of aromatic nitrogens is 2. The van der Waals surface area contributed by atoms with Crippen LogP contribution in [0.25, 0.3) is 0 Å². The van der Waals surface area contributed by atoms with E-state index in [0.29, 0.717) is 42.8 Å². The standard InChI is InChI=1S/C18H18F3N3O/c19-18(20,21)12-4-1-3-11(9-12)17(6-7-17)16-23-14-5-2-8-22-10-13(14)15(25)24-16/h1,3-4,9,22H,2,5-8,10H2,(H,23,24,25). The Morgan fingerprint density at radius 1 is 1.20 bits per heavy atom. The second kappa shape index (κ2) is 5.69. The van der Waals surface area contributed by atoms with Crippen molar-refractivity contribution in [3.05, 3.63) is 62.8 Å². The monoisotopic (exact) mass is 349 g/mol. The molecule has 2 aromatic rings. The van der Waals surface area contributed by atoms with E-state index in [1.807, 2.05) is 0 Å². The summed E-state index contributed by atoms with van der Waals surface area (Å²) in [7, 11) is 0. The van der Waals surface area contributed by atoms with E-state index in [1.54, 1.807) is 6.07 Å². The van der Waals surface area contributed by atoms with Gasteiger partial charge in [-0.2, -0.15) is 13.2 Å². The summed E-state index contributed by atoms with van der Waals surface area (Å²) in [5.41, 5.74) is 0.514. The lowest BCUT2D eigenvalue weighted by atomic mass is 9.93. The lowest BCUT2D eigenvalue weighted by Crippen LogP contribution is -2.27. The number of benzene rings is 1. The van der Waals surface area contributed by atoms with Crippen LogP contribution in [0.5, 0.6) is 0 Å². The van der Waals surface area contributed by atoms with E-state index >= 15 is 0 Å². The van der Waals surface area contributed by atoms with Gasteiger partial charge in [-0.25, -0.2) is 4.98 Å². The molecule has 0 spiro atoms. The van der Waals surface area contributed by atoms with Gasteiger partial charge in [-0.15, -0.1) is 0 Å². The summed E-state index contributed by atoms with van der Waals surface area (Å²) < 4.78 is 39.1. The molecule has 0 radical (unpaired) electrons. The first kappa shape index (κ1) is 16.3. The van der Waals surface area contributed by atoms with Crippen molar-refractivity contribution in [3.8, 4) is 0 Å². The van der Waals surface area contributed by atoms with Crippen LogP contribution in [0.3, 0.4) is 0 Å². The highest BCUT2D eigenvalue weighted by molar-refractivity contribution is 5.42. The lowest BCUT2D eigenvalue weighted by Gasteiger charge is -2.18. The average Bonchev–Trinajstić information content (AvgIpc) is 3.39. The van der Waals surface area contributed by atoms with Crippen molar-refractivity contribution >= 4 is 0 Å². The van der Waals surface area contributed by atoms with Crippen LogP contribution < -0.4 is 10.9 Å². The van der Waals surface area contributed by atoms with Crippen molar-refractivity contribution in [1.29, 1.82) is 0 Å². The zero-order chi connectivity index (χ0) is 17.7. The Morgan fingerprint density at radius 2 is 2.00 bits per heavy atom. The fourth-order valence-electron chi connectivity index (χ4n) is 3.53. The molecule has 4 nitrogen and oxygen atoms in total. The van der Waals surface area contributed by atoms with Gasteiger partial charge in [0.1, 0.15) is 5.82 Å². The molecule has 132 valence electrons. The van der Waals surface area contributed by atoms with E-state index in [0.717, 1.165) is 24.7 Å².